The van der Waals surface area contributed by atoms with Crippen LogP contribution in [0.1, 0.15) is 6.92 Å². The van der Waals surface area contributed by atoms with Gasteiger partial charge in [0.25, 0.3) is 0 Å². The van der Waals surface area contributed by atoms with Crippen molar-refractivity contribution in [2.24, 2.45) is 5.92 Å². The van der Waals surface area contributed by atoms with Crippen LogP contribution in [0.15, 0.2) is 0 Å². The highest BCUT2D eigenvalue weighted by atomic mass is 16.6. The van der Waals surface area contributed by atoms with Crippen molar-refractivity contribution in [3.8, 4) is 0 Å². The molecule has 0 bridgehead atoms. The molecule has 0 aromatic carbocycles. The van der Waals surface area contributed by atoms with E-state index in [0.717, 1.165) is 0 Å². The summed E-state index contributed by atoms with van der Waals surface area (Å²) in [6.45, 7) is 0.427. The fourth-order valence-corrected chi connectivity index (χ4v) is 2.02. The SMILES string of the molecule is CCOC(=O)C(CO)C1O[C@H](CO)[C@H](O)[C@H](O)[C@H]1O. The van der Waals surface area contributed by atoms with Crippen LogP contribution in [0.25, 0.3) is 0 Å². The van der Waals surface area contributed by atoms with Gasteiger partial charge in [-0.3, -0.25) is 4.79 Å². The monoisotopic (exact) mass is 280 g/mol. The van der Waals surface area contributed by atoms with Crippen LogP contribution in [0.4, 0.5) is 0 Å². The van der Waals surface area contributed by atoms with Gasteiger partial charge >= 0.3 is 5.97 Å². The number of aliphatic hydroxyl groups excluding tert-OH is 5. The standard InChI is InChI=1S/C11H20O8/c1-2-18-11(17)5(3-12)10-9(16)8(15)7(14)6(4-13)19-10/h5-10,12-16H,2-4H2,1H3/t5?,6-,7+,8+,9-,10?/m1/s1. The van der Waals surface area contributed by atoms with E-state index in [2.05, 4.69) is 0 Å². The van der Waals surface area contributed by atoms with E-state index in [1.54, 1.807) is 6.92 Å². The molecule has 0 amide bonds. The molecule has 1 saturated heterocycles. The highest BCUT2D eigenvalue weighted by Crippen LogP contribution is 2.26. The molecular weight excluding hydrogens is 260 g/mol. The van der Waals surface area contributed by atoms with E-state index in [9.17, 15) is 25.2 Å². The Morgan fingerprint density at radius 3 is 2.32 bits per heavy atom. The normalized spacial score (nSPS) is 36.8. The van der Waals surface area contributed by atoms with Gasteiger partial charge in [-0.05, 0) is 6.92 Å². The summed E-state index contributed by atoms with van der Waals surface area (Å²) in [5.74, 6) is -1.99. The lowest BCUT2D eigenvalue weighted by molar-refractivity contribution is -0.245. The zero-order chi connectivity index (χ0) is 14.6. The Labute approximate surface area is 110 Å². The van der Waals surface area contributed by atoms with Crippen LogP contribution < -0.4 is 0 Å². The first-order chi connectivity index (χ1) is 8.97. The van der Waals surface area contributed by atoms with Crippen LogP contribution in [0.3, 0.4) is 0 Å². The minimum Gasteiger partial charge on any atom is -0.466 e. The second-order valence-electron chi connectivity index (χ2n) is 4.33. The number of ether oxygens (including phenoxy) is 2. The molecule has 8 nitrogen and oxygen atoms in total. The smallest absolute Gasteiger partial charge is 0.314 e. The molecule has 6 atom stereocenters. The zero-order valence-corrected chi connectivity index (χ0v) is 10.5. The van der Waals surface area contributed by atoms with Crippen LogP contribution in [0, 0.1) is 5.92 Å². The Kier molecular flexibility index (Phi) is 6.11. The van der Waals surface area contributed by atoms with Crippen molar-refractivity contribution < 1.29 is 39.8 Å². The van der Waals surface area contributed by atoms with E-state index in [1.165, 1.54) is 0 Å². The summed E-state index contributed by atoms with van der Waals surface area (Å²) in [7, 11) is 0. The van der Waals surface area contributed by atoms with E-state index in [4.69, 9.17) is 14.6 Å². The minimum absolute atomic E-state index is 0.0900. The summed E-state index contributed by atoms with van der Waals surface area (Å²) < 4.78 is 9.91. The Balaban J connectivity index is 2.86. The number of aliphatic hydroxyl groups is 5. The molecule has 0 radical (unpaired) electrons. The molecular formula is C11H20O8. The second kappa shape index (κ2) is 7.13. The highest BCUT2D eigenvalue weighted by molar-refractivity contribution is 5.73. The van der Waals surface area contributed by atoms with Gasteiger partial charge in [-0.15, -0.1) is 0 Å². The first-order valence-electron chi connectivity index (χ1n) is 6.05. The van der Waals surface area contributed by atoms with Crippen LogP contribution in [-0.2, 0) is 14.3 Å². The van der Waals surface area contributed by atoms with Gasteiger partial charge in [-0.1, -0.05) is 0 Å². The number of esters is 1. The van der Waals surface area contributed by atoms with Crippen molar-refractivity contribution in [3.05, 3.63) is 0 Å². The quantitative estimate of drug-likeness (QED) is 0.336. The van der Waals surface area contributed by atoms with Gasteiger partial charge < -0.3 is 35.0 Å². The van der Waals surface area contributed by atoms with Gasteiger partial charge in [0.2, 0.25) is 0 Å². The summed E-state index contributed by atoms with van der Waals surface area (Å²) in [6.07, 6.45) is -7.04. The number of carbonyl (C=O) groups is 1. The molecule has 0 aliphatic carbocycles. The van der Waals surface area contributed by atoms with Crippen LogP contribution in [0.2, 0.25) is 0 Å². The highest BCUT2D eigenvalue weighted by Gasteiger charge is 2.48. The fourth-order valence-electron chi connectivity index (χ4n) is 2.02. The summed E-state index contributed by atoms with van der Waals surface area (Å²) in [6, 6.07) is 0. The van der Waals surface area contributed by atoms with Gasteiger partial charge in [-0.25, -0.2) is 0 Å². The van der Waals surface area contributed by atoms with Gasteiger partial charge in [0.15, 0.2) is 0 Å². The lowest BCUT2D eigenvalue weighted by Gasteiger charge is -2.42. The summed E-state index contributed by atoms with van der Waals surface area (Å²) >= 11 is 0. The van der Waals surface area contributed by atoms with Gasteiger partial charge in [0.1, 0.15) is 36.4 Å². The third kappa shape index (κ3) is 3.41. The lowest BCUT2D eigenvalue weighted by Crippen LogP contribution is -2.61. The maximum atomic E-state index is 11.6. The Morgan fingerprint density at radius 1 is 1.21 bits per heavy atom. The maximum Gasteiger partial charge on any atom is 0.314 e. The second-order valence-corrected chi connectivity index (χ2v) is 4.33. The molecule has 0 spiro atoms. The molecule has 19 heavy (non-hydrogen) atoms. The molecule has 0 aromatic rings. The minimum atomic E-state index is -1.58. The largest absolute Gasteiger partial charge is 0.466 e. The molecule has 8 heteroatoms. The van der Waals surface area contributed by atoms with Crippen molar-refractivity contribution in [3.63, 3.8) is 0 Å². The summed E-state index contributed by atoms with van der Waals surface area (Å²) in [5.41, 5.74) is 0. The van der Waals surface area contributed by atoms with Crippen molar-refractivity contribution >= 4 is 5.97 Å². The molecule has 1 rings (SSSR count). The Hall–Kier alpha value is -0.770. The maximum absolute atomic E-state index is 11.6. The molecule has 1 aliphatic rings. The third-order valence-electron chi connectivity index (χ3n) is 3.11. The molecule has 1 fully saturated rings. The summed E-state index contributed by atoms with van der Waals surface area (Å²) in [4.78, 5) is 11.6. The number of rotatable bonds is 5. The lowest BCUT2D eigenvalue weighted by atomic mass is 9.88. The predicted molar refractivity (Wildman–Crippen MR) is 61.0 cm³/mol. The topological polar surface area (TPSA) is 137 Å². The van der Waals surface area contributed by atoms with Crippen LogP contribution in [0.5, 0.6) is 0 Å². The van der Waals surface area contributed by atoms with Crippen LogP contribution in [-0.4, -0.2) is 81.8 Å². The van der Waals surface area contributed by atoms with Crippen molar-refractivity contribution in [2.75, 3.05) is 19.8 Å². The van der Waals surface area contributed by atoms with Crippen molar-refractivity contribution in [2.45, 2.75) is 37.4 Å². The number of carbonyl (C=O) groups excluding carboxylic acids is 1. The fraction of sp³-hybridized carbons (Fsp3) is 0.909. The molecule has 0 saturated carbocycles. The first-order valence-corrected chi connectivity index (χ1v) is 6.05. The molecule has 5 N–H and O–H groups in total. The zero-order valence-electron chi connectivity index (χ0n) is 10.5. The molecule has 1 aliphatic heterocycles. The van der Waals surface area contributed by atoms with Gasteiger partial charge in [-0.2, -0.15) is 0 Å². The van der Waals surface area contributed by atoms with Crippen LogP contribution >= 0.6 is 0 Å². The molecule has 112 valence electrons. The Morgan fingerprint density at radius 2 is 1.84 bits per heavy atom. The van der Waals surface area contributed by atoms with E-state index in [-0.39, 0.29) is 6.61 Å². The van der Waals surface area contributed by atoms with E-state index in [1.807, 2.05) is 0 Å². The average Bonchev–Trinajstić information content (AvgIpc) is 2.40. The Bertz CT molecular complexity index is 294. The average molecular weight is 280 g/mol. The van der Waals surface area contributed by atoms with E-state index in [0.29, 0.717) is 0 Å². The molecule has 0 aromatic heterocycles. The molecule has 2 unspecified atom stereocenters. The molecule has 1 heterocycles. The first kappa shape index (κ1) is 16.3. The number of hydrogen-bond acceptors (Lipinski definition) is 8. The van der Waals surface area contributed by atoms with Crippen molar-refractivity contribution in [1.29, 1.82) is 0 Å². The van der Waals surface area contributed by atoms with Gasteiger partial charge in [0, 0.05) is 0 Å². The van der Waals surface area contributed by atoms with Crippen molar-refractivity contribution in [1.82, 2.24) is 0 Å². The summed E-state index contributed by atoms with van der Waals surface area (Å²) in [5, 5.41) is 47.2. The predicted octanol–water partition coefficient (Wildman–Crippen LogP) is -3.00. The number of hydrogen-bond donors (Lipinski definition) is 5. The van der Waals surface area contributed by atoms with E-state index < -0.39 is 55.6 Å². The third-order valence-corrected chi connectivity index (χ3v) is 3.11. The van der Waals surface area contributed by atoms with E-state index >= 15 is 0 Å². The van der Waals surface area contributed by atoms with Gasteiger partial charge in [0.05, 0.1) is 19.8 Å².